The normalized spacial score (nSPS) is 13.9. The number of hydrogen-bond acceptors (Lipinski definition) is 2. The summed E-state index contributed by atoms with van der Waals surface area (Å²) in [5.74, 6) is -0.770. The van der Waals surface area contributed by atoms with Gasteiger partial charge in [0.25, 0.3) is 5.91 Å². The highest BCUT2D eigenvalue weighted by Crippen LogP contribution is 2.31. The molecule has 3 amide bonds. The van der Waals surface area contributed by atoms with Crippen molar-refractivity contribution < 1.29 is 14.0 Å². The highest BCUT2D eigenvalue weighted by atomic mass is 35.5. The quantitative estimate of drug-likeness (QED) is 0.527. The van der Waals surface area contributed by atoms with Crippen molar-refractivity contribution in [1.29, 1.82) is 0 Å². The molecule has 0 aromatic heterocycles. The number of aryl methyl sites for hydroxylation is 1. The Balaban J connectivity index is 1.57. The molecule has 0 saturated carbocycles. The van der Waals surface area contributed by atoms with Crippen molar-refractivity contribution in [2.45, 2.75) is 19.9 Å². The average molecular weight is 452 g/mol. The van der Waals surface area contributed by atoms with Crippen molar-refractivity contribution in [3.8, 4) is 0 Å². The lowest BCUT2D eigenvalue weighted by Crippen LogP contribution is -2.49. The summed E-state index contributed by atoms with van der Waals surface area (Å²) < 4.78 is 13.2. The smallest absolute Gasteiger partial charge is 0.320 e. The summed E-state index contributed by atoms with van der Waals surface area (Å²) in [7, 11) is 0. The summed E-state index contributed by atoms with van der Waals surface area (Å²) in [4.78, 5) is 29.5. The van der Waals surface area contributed by atoms with E-state index in [4.69, 9.17) is 11.6 Å². The van der Waals surface area contributed by atoms with Crippen LogP contribution >= 0.6 is 11.6 Å². The Bertz CT molecular complexity index is 1150. The van der Waals surface area contributed by atoms with Crippen LogP contribution in [0.3, 0.4) is 0 Å². The minimum Gasteiger partial charge on any atom is -0.320 e. The van der Waals surface area contributed by atoms with Crippen LogP contribution < -0.4 is 10.2 Å². The first-order chi connectivity index (χ1) is 15.4. The van der Waals surface area contributed by atoms with Crippen LogP contribution in [-0.2, 0) is 6.54 Å². The molecule has 7 heteroatoms. The number of carbonyl (C=O) groups is 2. The summed E-state index contributed by atoms with van der Waals surface area (Å²) in [6.45, 7) is 3.57. The fraction of sp³-hybridized carbons (Fsp3) is 0.200. The Morgan fingerprint density at radius 1 is 1.06 bits per heavy atom. The number of hydrogen-bond donors (Lipinski definition) is 1. The zero-order valence-corrected chi connectivity index (χ0v) is 18.4. The fourth-order valence-electron chi connectivity index (χ4n) is 3.79. The number of nitrogens with one attached hydrogen (secondary N) is 1. The second-order valence-corrected chi connectivity index (χ2v) is 8.26. The van der Waals surface area contributed by atoms with Crippen LogP contribution in [0.4, 0.5) is 20.6 Å². The standard InChI is InChI=1S/C25H23ClFN3O2/c1-17-6-11-23(22(14-17)28-24(31)19-7-9-21(27)10-8-19)30-13-3-12-29(25(30)32)16-18-4-2-5-20(26)15-18/h2,4-11,14-15H,3,12-13,16H2,1H3,(H,28,31). The van der Waals surface area contributed by atoms with Crippen LogP contribution in [0.25, 0.3) is 0 Å². The largest absolute Gasteiger partial charge is 0.324 e. The number of benzene rings is 3. The van der Waals surface area contributed by atoms with E-state index in [2.05, 4.69) is 5.32 Å². The van der Waals surface area contributed by atoms with Gasteiger partial charge < -0.3 is 10.2 Å². The van der Waals surface area contributed by atoms with Crippen molar-refractivity contribution in [2.24, 2.45) is 0 Å². The van der Waals surface area contributed by atoms with E-state index in [-0.39, 0.29) is 11.9 Å². The molecule has 0 bridgehead atoms. The molecule has 4 rings (SSSR count). The number of carbonyl (C=O) groups excluding carboxylic acids is 2. The molecule has 3 aromatic rings. The number of urea groups is 1. The van der Waals surface area contributed by atoms with Crippen molar-refractivity contribution >= 4 is 34.9 Å². The molecule has 3 aromatic carbocycles. The van der Waals surface area contributed by atoms with E-state index in [0.29, 0.717) is 41.6 Å². The molecule has 32 heavy (non-hydrogen) atoms. The van der Waals surface area contributed by atoms with Gasteiger partial charge in [-0.25, -0.2) is 9.18 Å². The molecular weight excluding hydrogens is 429 g/mol. The Morgan fingerprint density at radius 3 is 2.59 bits per heavy atom. The number of anilines is 2. The molecule has 1 fully saturated rings. The van der Waals surface area contributed by atoms with Crippen LogP contribution in [0.15, 0.2) is 66.7 Å². The molecule has 1 heterocycles. The molecule has 0 aliphatic carbocycles. The number of nitrogens with zero attached hydrogens (tertiary/aromatic N) is 2. The molecule has 164 valence electrons. The third-order valence-corrected chi connectivity index (χ3v) is 5.61. The second kappa shape index (κ2) is 9.40. The van der Waals surface area contributed by atoms with Crippen molar-refractivity contribution in [1.82, 2.24) is 4.90 Å². The lowest BCUT2D eigenvalue weighted by molar-refractivity contribution is 0.102. The number of amides is 3. The summed E-state index contributed by atoms with van der Waals surface area (Å²) in [6, 6.07) is 18.3. The first kappa shape index (κ1) is 21.8. The van der Waals surface area contributed by atoms with Gasteiger partial charge in [0.1, 0.15) is 5.82 Å². The molecule has 0 radical (unpaired) electrons. The molecule has 0 unspecified atom stereocenters. The van der Waals surface area contributed by atoms with Gasteiger partial charge in [-0.3, -0.25) is 9.69 Å². The molecule has 0 atom stereocenters. The Hall–Kier alpha value is -3.38. The van der Waals surface area contributed by atoms with Gasteiger partial charge in [0.05, 0.1) is 11.4 Å². The molecule has 1 aliphatic heterocycles. The summed E-state index contributed by atoms with van der Waals surface area (Å²) in [5, 5.41) is 3.52. The van der Waals surface area contributed by atoms with Crippen molar-refractivity contribution in [2.75, 3.05) is 23.3 Å². The molecule has 1 saturated heterocycles. The van der Waals surface area contributed by atoms with E-state index in [9.17, 15) is 14.0 Å². The average Bonchev–Trinajstić information content (AvgIpc) is 2.76. The third kappa shape index (κ3) is 4.92. The van der Waals surface area contributed by atoms with E-state index < -0.39 is 5.82 Å². The van der Waals surface area contributed by atoms with Crippen LogP contribution in [0.1, 0.15) is 27.9 Å². The van der Waals surface area contributed by atoms with E-state index in [1.807, 2.05) is 43.3 Å². The SMILES string of the molecule is Cc1ccc(N2CCCN(Cc3cccc(Cl)c3)C2=O)c(NC(=O)c2ccc(F)cc2)c1. The lowest BCUT2D eigenvalue weighted by atomic mass is 10.1. The van der Waals surface area contributed by atoms with Crippen LogP contribution in [-0.4, -0.2) is 29.9 Å². The van der Waals surface area contributed by atoms with Gasteiger partial charge in [-0.15, -0.1) is 0 Å². The van der Waals surface area contributed by atoms with Gasteiger partial charge in [-0.05, 0) is 73.0 Å². The van der Waals surface area contributed by atoms with Gasteiger partial charge in [0.2, 0.25) is 0 Å². The highest BCUT2D eigenvalue weighted by Gasteiger charge is 2.28. The molecule has 0 spiro atoms. The van der Waals surface area contributed by atoms with E-state index in [0.717, 1.165) is 17.5 Å². The first-order valence-electron chi connectivity index (χ1n) is 10.4. The molecular formula is C25H23ClFN3O2. The monoisotopic (exact) mass is 451 g/mol. The van der Waals surface area contributed by atoms with Gasteiger partial charge in [0, 0.05) is 30.2 Å². The van der Waals surface area contributed by atoms with Crippen LogP contribution in [0, 0.1) is 12.7 Å². The van der Waals surface area contributed by atoms with E-state index in [1.165, 1.54) is 24.3 Å². The minimum absolute atomic E-state index is 0.127. The predicted octanol–water partition coefficient (Wildman–Crippen LogP) is 5.87. The zero-order chi connectivity index (χ0) is 22.7. The van der Waals surface area contributed by atoms with Crippen molar-refractivity contribution in [3.63, 3.8) is 0 Å². The van der Waals surface area contributed by atoms with E-state index in [1.54, 1.807) is 15.9 Å². The van der Waals surface area contributed by atoms with E-state index >= 15 is 0 Å². The summed E-state index contributed by atoms with van der Waals surface area (Å²) in [6.07, 6.45) is 0.797. The van der Waals surface area contributed by atoms with Crippen LogP contribution in [0.2, 0.25) is 5.02 Å². The third-order valence-electron chi connectivity index (χ3n) is 5.37. The first-order valence-corrected chi connectivity index (χ1v) is 10.8. The summed E-state index contributed by atoms with van der Waals surface area (Å²) >= 11 is 6.09. The number of halogens is 2. The fourth-order valence-corrected chi connectivity index (χ4v) is 4.00. The zero-order valence-electron chi connectivity index (χ0n) is 17.6. The van der Waals surface area contributed by atoms with Gasteiger partial charge in [-0.1, -0.05) is 29.8 Å². The Labute approximate surface area is 191 Å². The van der Waals surface area contributed by atoms with Crippen molar-refractivity contribution in [3.05, 3.63) is 94.3 Å². The maximum absolute atomic E-state index is 13.3. The van der Waals surface area contributed by atoms with Crippen LogP contribution in [0.5, 0.6) is 0 Å². The second-order valence-electron chi connectivity index (χ2n) is 7.82. The van der Waals surface area contributed by atoms with Gasteiger partial charge >= 0.3 is 6.03 Å². The van der Waals surface area contributed by atoms with Gasteiger partial charge in [-0.2, -0.15) is 0 Å². The molecule has 1 N–H and O–H groups in total. The highest BCUT2D eigenvalue weighted by molar-refractivity contribution is 6.30. The summed E-state index contributed by atoms with van der Waals surface area (Å²) in [5.41, 5.74) is 3.42. The topological polar surface area (TPSA) is 52.6 Å². The predicted molar refractivity (Wildman–Crippen MR) is 125 cm³/mol. The minimum atomic E-state index is -0.406. The molecule has 5 nitrogen and oxygen atoms in total. The maximum Gasteiger partial charge on any atom is 0.324 e. The maximum atomic E-state index is 13.3. The molecule has 1 aliphatic rings. The Kier molecular flexibility index (Phi) is 6.42. The Morgan fingerprint density at radius 2 is 1.84 bits per heavy atom. The lowest BCUT2D eigenvalue weighted by Gasteiger charge is -2.36. The number of rotatable bonds is 5. The van der Waals surface area contributed by atoms with Gasteiger partial charge in [0.15, 0.2) is 0 Å².